The molecule has 0 saturated heterocycles. The molecule has 0 aromatic rings. The van der Waals surface area contributed by atoms with Crippen LogP contribution in [0.2, 0.25) is 0 Å². The summed E-state index contributed by atoms with van der Waals surface area (Å²) in [7, 11) is 0. The number of hydrogen-bond acceptors (Lipinski definition) is 9. The number of carboxylic acids is 1. The molecule has 4 unspecified atom stereocenters. The lowest BCUT2D eigenvalue weighted by Crippen LogP contribution is -2.58. The summed E-state index contributed by atoms with van der Waals surface area (Å²) in [5, 5.41) is 24.9. The van der Waals surface area contributed by atoms with E-state index in [9.17, 15) is 33.9 Å². The van der Waals surface area contributed by atoms with Gasteiger partial charge in [-0.15, -0.1) is 0 Å². The van der Waals surface area contributed by atoms with Gasteiger partial charge < -0.3 is 54.8 Å². The summed E-state index contributed by atoms with van der Waals surface area (Å²) in [5.41, 5.74) is 26.0. The summed E-state index contributed by atoms with van der Waals surface area (Å²) < 4.78 is 0. The highest BCUT2D eigenvalue weighted by molar-refractivity contribution is 5.96. The van der Waals surface area contributed by atoms with Crippen molar-refractivity contribution in [3.63, 3.8) is 0 Å². The molecule has 0 saturated carbocycles. The zero-order chi connectivity index (χ0) is 27.1. The summed E-state index contributed by atoms with van der Waals surface area (Å²) in [5.74, 6) is -6.35. The Hall–Kier alpha value is -3.99. The number of nitrogens with zero attached hydrogens (tertiary/aromatic N) is 1. The smallest absolute Gasteiger partial charge is 0.326 e. The lowest BCUT2D eigenvalue weighted by molar-refractivity contribution is -0.142. The van der Waals surface area contributed by atoms with E-state index in [-0.39, 0.29) is 38.2 Å². The standard InChI is InChI=1S/C18H33N9O8/c19-8(7-28)14(31)25-9(2-1-5-24-18(22)23)15(32)27-11(6-13(21)30)16(33)26-10(17(34)35)3-4-12(20)29/h8-11,28H,1-7,19H2,(H2,20,29)(H2,21,30)(H,25,31)(H,26,33)(H,27,32)(H,34,35)(H4,22,23,24). The molecule has 0 aliphatic heterocycles. The van der Waals surface area contributed by atoms with Gasteiger partial charge in [0.1, 0.15) is 24.2 Å². The van der Waals surface area contributed by atoms with Crippen LogP contribution >= 0.6 is 0 Å². The fraction of sp³-hybridized carbons (Fsp3) is 0.611. The van der Waals surface area contributed by atoms with Crippen molar-refractivity contribution < 1.29 is 39.0 Å². The van der Waals surface area contributed by atoms with Crippen LogP contribution < -0.4 is 44.6 Å². The zero-order valence-corrected chi connectivity index (χ0v) is 18.9. The quantitative estimate of drug-likeness (QED) is 0.0505. The number of aliphatic hydroxyl groups excluding tert-OH is 1. The molecule has 0 fully saturated rings. The molecule has 198 valence electrons. The minimum Gasteiger partial charge on any atom is -0.480 e. The van der Waals surface area contributed by atoms with Crippen molar-refractivity contribution in [3.8, 4) is 0 Å². The topological polar surface area (TPSA) is 321 Å². The Morgan fingerprint density at radius 2 is 1.31 bits per heavy atom. The normalized spacial score (nSPS) is 13.9. The van der Waals surface area contributed by atoms with Crippen LogP contribution in [-0.4, -0.2) is 89.0 Å². The molecule has 0 aromatic heterocycles. The number of aliphatic hydroxyl groups is 1. The number of hydrogen-bond donors (Lipinski definition) is 10. The molecule has 17 nitrogen and oxygen atoms in total. The molecule has 0 spiro atoms. The number of nitrogens with two attached hydrogens (primary N) is 5. The highest BCUT2D eigenvalue weighted by Gasteiger charge is 2.31. The predicted octanol–water partition coefficient (Wildman–Crippen LogP) is -5.96. The van der Waals surface area contributed by atoms with Gasteiger partial charge in [0.2, 0.25) is 29.5 Å². The lowest BCUT2D eigenvalue weighted by atomic mass is 10.1. The predicted molar refractivity (Wildman–Crippen MR) is 121 cm³/mol. The highest BCUT2D eigenvalue weighted by atomic mass is 16.4. The number of guanidine groups is 1. The fourth-order valence-corrected chi connectivity index (χ4v) is 2.63. The van der Waals surface area contributed by atoms with Crippen LogP contribution in [0, 0.1) is 0 Å². The molecule has 17 heteroatoms. The first kappa shape index (κ1) is 31.0. The van der Waals surface area contributed by atoms with Gasteiger partial charge in [-0.1, -0.05) is 0 Å². The third-order valence-electron chi connectivity index (χ3n) is 4.44. The Morgan fingerprint density at radius 3 is 1.80 bits per heavy atom. The molecule has 0 heterocycles. The largest absolute Gasteiger partial charge is 0.480 e. The van der Waals surface area contributed by atoms with E-state index in [1.807, 2.05) is 0 Å². The molecular weight excluding hydrogens is 470 g/mol. The average molecular weight is 504 g/mol. The fourth-order valence-electron chi connectivity index (χ4n) is 2.63. The van der Waals surface area contributed by atoms with Gasteiger partial charge in [-0.3, -0.25) is 29.0 Å². The number of amides is 5. The summed E-state index contributed by atoms with van der Waals surface area (Å²) >= 11 is 0. The third kappa shape index (κ3) is 13.3. The monoisotopic (exact) mass is 503 g/mol. The Morgan fingerprint density at radius 1 is 0.771 bits per heavy atom. The van der Waals surface area contributed by atoms with Gasteiger partial charge in [0.25, 0.3) is 0 Å². The van der Waals surface area contributed by atoms with Crippen molar-refractivity contribution in [2.24, 2.45) is 33.7 Å². The van der Waals surface area contributed by atoms with Crippen molar-refractivity contribution in [3.05, 3.63) is 0 Å². The molecule has 0 radical (unpaired) electrons. The van der Waals surface area contributed by atoms with E-state index in [1.165, 1.54) is 0 Å². The molecule has 0 aliphatic carbocycles. The molecule has 4 atom stereocenters. The van der Waals surface area contributed by atoms with Gasteiger partial charge >= 0.3 is 5.97 Å². The maximum absolute atomic E-state index is 12.8. The number of carboxylic acid groups (broad SMARTS) is 1. The summed E-state index contributed by atoms with van der Waals surface area (Å²) in [4.78, 5) is 75.0. The number of aliphatic imine (C=N–C) groups is 1. The minimum absolute atomic E-state index is 0.0340. The van der Waals surface area contributed by atoms with Crippen molar-refractivity contribution in [2.45, 2.75) is 56.3 Å². The number of primary amides is 2. The van der Waals surface area contributed by atoms with E-state index < -0.39 is 72.7 Å². The van der Waals surface area contributed by atoms with Gasteiger partial charge in [0, 0.05) is 13.0 Å². The van der Waals surface area contributed by atoms with Gasteiger partial charge in [-0.05, 0) is 19.3 Å². The first-order valence-corrected chi connectivity index (χ1v) is 10.4. The maximum Gasteiger partial charge on any atom is 0.326 e. The van der Waals surface area contributed by atoms with Crippen molar-refractivity contribution in [1.82, 2.24) is 16.0 Å². The van der Waals surface area contributed by atoms with Gasteiger partial charge in [0.15, 0.2) is 5.96 Å². The molecule has 15 N–H and O–H groups in total. The van der Waals surface area contributed by atoms with Crippen LogP contribution in [0.3, 0.4) is 0 Å². The molecule has 5 amide bonds. The summed E-state index contributed by atoms with van der Waals surface area (Å²) in [6.45, 7) is -0.609. The van der Waals surface area contributed by atoms with Gasteiger partial charge in [0.05, 0.1) is 13.0 Å². The Labute approximate surface area is 200 Å². The summed E-state index contributed by atoms with van der Waals surface area (Å²) in [6.07, 6.45) is -1.22. The number of carbonyl (C=O) groups excluding carboxylic acids is 5. The second-order valence-corrected chi connectivity index (χ2v) is 7.44. The second-order valence-electron chi connectivity index (χ2n) is 7.44. The van der Waals surface area contributed by atoms with Crippen molar-refractivity contribution in [1.29, 1.82) is 0 Å². The lowest BCUT2D eigenvalue weighted by Gasteiger charge is -2.24. The number of rotatable bonds is 17. The molecular formula is C18H33N9O8. The van der Waals surface area contributed by atoms with E-state index >= 15 is 0 Å². The maximum atomic E-state index is 12.8. The summed E-state index contributed by atoms with van der Waals surface area (Å²) in [6, 6.07) is -5.78. The van der Waals surface area contributed by atoms with E-state index in [0.717, 1.165) is 0 Å². The Kier molecular flexibility index (Phi) is 14.0. The van der Waals surface area contributed by atoms with Gasteiger partial charge in [-0.2, -0.15) is 0 Å². The number of carbonyl (C=O) groups is 6. The SMILES string of the molecule is NC(=O)CCC(NC(=O)C(CC(N)=O)NC(=O)C(CCCN=C(N)N)NC(=O)C(N)CO)C(=O)O. The molecule has 0 rings (SSSR count). The van der Waals surface area contributed by atoms with Crippen LogP contribution in [0.25, 0.3) is 0 Å². The van der Waals surface area contributed by atoms with E-state index in [1.54, 1.807) is 0 Å². The van der Waals surface area contributed by atoms with E-state index in [4.69, 9.17) is 33.8 Å². The van der Waals surface area contributed by atoms with Crippen LogP contribution in [-0.2, 0) is 28.8 Å². The highest BCUT2D eigenvalue weighted by Crippen LogP contribution is 2.04. The number of aliphatic carboxylic acids is 1. The van der Waals surface area contributed by atoms with E-state index in [0.29, 0.717) is 0 Å². The third-order valence-corrected chi connectivity index (χ3v) is 4.44. The molecule has 0 aliphatic rings. The van der Waals surface area contributed by atoms with Crippen molar-refractivity contribution >= 4 is 41.5 Å². The van der Waals surface area contributed by atoms with Crippen molar-refractivity contribution in [2.75, 3.05) is 13.2 Å². The van der Waals surface area contributed by atoms with E-state index in [2.05, 4.69) is 20.9 Å². The zero-order valence-electron chi connectivity index (χ0n) is 18.9. The second kappa shape index (κ2) is 15.8. The number of nitrogens with one attached hydrogen (secondary N) is 3. The first-order valence-electron chi connectivity index (χ1n) is 10.4. The van der Waals surface area contributed by atoms with Crippen LogP contribution in [0.1, 0.15) is 32.1 Å². The molecule has 0 bridgehead atoms. The first-order chi connectivity index (χ1) is 16.3. The molecule has 0 aromatic carbocycles. The molecule has 35 heavy (non-hydrogen) atoms. The average Bonchev–Trinajstić information content (AvgIpc) is 2.76. The minimum atomic E-state index is -1.61. The Balaban J connectivity index is 5.56. The Bertz CT molecular complexity index is 816. The van der Waals surface area contributed by atoms with Crippen LogP contribution in [0.5, 0.6) is 0 Å². The van der Waals surface area contributed by atoms with Crippen LogP contribution in [0.4, 0.5) is 0 Å². The van der Waals surface area contributed by atoms with Crippen LogP contribution in [0.15, 0.2) is 4.99 Å². The van der Waals surface area contributed by atoms with Gasteiger partial charge in [-0.25, -0.2) is 4.79 Å².